The van der Waals surface area contributed by atoms with E-state index in [9.17, 15) is 0 Å². The predicted molar refractivity (Wildman–Crippen MR) is 50.9 cm³/mol. The van der Waals surface area contributed by atoms with Gasteiger partial charge in [-0.2, -0.15) is 0 Å². The predicted octanol–water partition coefficient (Wildman–Crippen LogP) is 2.02. The highest BCUT2D eigenvalue weighted by Gasteiger charge is 2.08. The molecule has 0 saturated heterocycles. The van der Waals surface area contributed by atoms with E-state index in [1.54, 1.807) is 0 Å². The van der Waals surface area contributed by atoms with E-state index in [1.807, 2.05) is 27.0 Å². The van der Waals surface area contributed by atoms with Crippen LogP contribution in [0, 0.1) is 6.92 Å². The minimum Gasteiger partial charge on any atom is -0.309 e. The SMILES string of the molecule is CC.Cc1cc2c(cn1)CNC2. The standard InChI is InChI=1S/C8H10N2.C2H6/c1-6-2-7-3-9-4-8(7)5-10-6;1-2/h2,5,9H,3-4H2,1H3;1-2H3. The van der Waals surface area contributed by atoms with Gasteiger partial charge >= 0.3 is 0 Å². The molecule has 12 heavy (non-hydrogen) atoms. The molecule has 0 bridgehead atoms. The van der Waals surface area contributed by atoms with Crippen LogP contribution in [0.5, 0.6) is 0 Å². The van der Waals surface area contributed by atoms with Gasteiger partial charge in [-0.1, -0.05) is 13.8 Å². The summed E-state index contributed by atoms with van der Waals surface area (Å²) in [5.41, 5.74) is 3.88. The lowest BCUT2D eigenvalue weighted by Crippen LogP contribution is -1.99. The number of hydrogen-bond donors (Lipinski definition) is 1. The third-order valence-corrected chi connectivity index (χ3v) is 1.85. The van der Waals surface area contributed by atoms with Crippen molar-refractivity contribution in [3.63, 3.8) is 0 Å². The van der Waals surface area contributed by atoms with Gasteiger partial charge in [0.05, 0.1) is 0 Å². The maximum atomic E-state index is 4.21. The molecule has 2 rings (SSSR count). The molecular weight excluding hydrogens is 148 g/mol. The summed E-state index contributed by atoms with van der Waals surface area (Å²) in [5.74, 6) is 0. The van der Waals surface area contributed by atoms with E-state index in [4.69, 9.17) is 0 Å². The molecule has 66 valence electrons. The van der Waals surface area contributed by atoms with Crippen molar-refractivity contribution in [3.05, 3.63) is 29.1 Å². The van der Waals surface area contributed by atoms with Gasteiger partial charge in [-0.05, 0) is 24.1 Å². The van der Waals surface area contributed by atoms with Gasteiger partial charge < -0.3 is 5.32 Å². The molecule has 0 unspecified atom stereocenters. The molecule has 0 radical (unpaired) electrons. The molecule has 2 heterocycles. The fraction of sp³-hybridized carbons (Fsp3) is 0.500. The summed E-state index contributed by atoms with van der Waals surface area (Å²) in [6.45, 7) is 8.03. The molecule has 0 amide bonds. The molecule has 0 saturated carbocycles. The Morgan fingerprint density at radius 2 is 1.92 bits per heavy atom. The molecule has 0 atom stereocenters. The van der Waals surface area contributed by atoms with Gasteiger partial charge in [0.2, 0.25) is 0 Å². The van der Waals surface area contributed by atoms with Crippen LogP contribution in [0.4, 0.5) is 0 Å². The molecule has 1 aromatic heterocycles. The van der Waals surface area contributed by atoms with Gasteiger partial charge in [-0.25, -0.2) is 0 Å². The van der Waals surface area contributed by atoms with Crippen LogP contribution in [0.25, 0.3) is 0 Å². The van der Waals surface area contributed by atoms with Crippen molar-refractivity contribution in [1.29, 1.82) is 0 Å². The first-order chi connectivity index (χ1) is 5.86. The average Bonchev–Trinajstić information content (AvgIpc) is 2.54. The van der Waals surface area contributed by atoms with Crippen LogP contribution in [0.15, 0.2) is 12.3 Å². The first-order valence-corrected chi connectivity index (χ1v) is 4.51. The van der Waals surface area contributed by atoms with Gasteiger partial charge in [0.25, 0.3) is 0 Å². The Bertz CT molecular complexity index is 256. The van der Waals surface area contributed by atoms with Crippen molar-refractivity contribution in [1.82, 2.24) is 10.3 Å². The molecule has 1 aromatic rings. The van der Waals surface area contributed by atoms with Crippen molar-refractivity contribution in [2.24, 2.45) is 0 Å². The molecule has 2 heteroatoms. The molecule has 1 aliphatic heterocycles. The normalized spacial score (nSPS) is 13.2. The summed E-state index contributed by atoms with van der Waals surface area (Å²) in [6, 6.07) is 2.15. The van der Waals surface area contributed by atoms with Gasteiger partial charge in [-0.3, -0.25) is 4.98 Å². The number of nitrogens with one attached hydrogen (secondary N) is 1. The first-order valence-electron chi connectivity index (χ1n) is 4.51. The summed E-state index contributed by atoms with van der Waals surface area (Å²) in [5, 5.41) is 3.27. The third kappa shape index (κ3) is 1.83. The number of aromatic nitrogens is 1. The Hall–Kier alpha value is -0.890. The lowest BCUT2D eigenvalue weighted by molar-refractivity contribution is 0.764. The molecular formula is C10H16N2. The lowest BCUT2D eigenvalue weighted by Gasteiger charge is -1.96. The van der Waals surface area contributed by atoms with Crippen LogP contribution in [0.2, 0.25) is 0 Å². The zero-order valence-corrected chi connectivity index (χ0v) is 8.02. The summed E-state index contributed by atoms with van der Waals surface area (Å²) in [4.78, 5) is 4.21. The molecule has 0 fully saturated rings. The van der Waals surface area contributed by atoms with E-state index >= 15 is 0 Å². The van der Waals surface area contributed by atoms with Crippen LogP contribution in [0.1, 0.15) is 30.7 Å². The van der Waals surface area contributed by atoms with E-state index in [1.165, 1.54) is 11.1 Å². The Morgan fingerprint density at radius 3 is 2.67 bits per heavy atom. The summed E-state index contributed by atoms with van der Waals surface area (Å²) in [6.07, 6.45) is 1.96. The molecule has 1 N–H and O–H groups in total. The van der Waals surface area contributed by atoms with Crippen LogP contribution in [0.3, 0.4) is 0 Å². The average molecular weight is 164 g/mol. The van der Waals surface area contributed by atoms with Crippen molar-refractivity contribution in [3.8, 4) is 0 Å². The zero-order valence-electron chi connectivity index (χ0n) is 8.02. The summed E-state index contributed by atoms with van der Waals surface area (Å²) < 4.78 is 0. The lowest BCUT2D eigenvalue weighted by atomic mass is 10.2. The number of fused-ring (bicyclic) bond motifs is 1. The number of pyridine rings is 1. The number of nitrogens with zero attached hydrogens (tertiary/aromatic N) is 1. The third-order valence-electron chi connectivity index (χ3n) is 1.85. The molecule has 0 spiro atoms. The molecule has 0 aliphatic carbocycles. The topological polar surface area (TPSA) is 24.9 Å². The van der Waals surface area contributed by atoms with E-state index in [0.717, 1.165) is 18.8 Å². The maximum absolute atomic E-state index is 4.21. The summed E-state index contributed by atoms with van der Waals surface area (Å²) in [7, 11) is 0. The van der Waals surface area contributed by atoms with Gasteiger partial charge in [-0.15, -0.1) is 0 Å². The van der Waals surface area contributed by atoms with Gasteiger partial charge in [0.1, 0.15) is 0 Å². The molecule has 2 nitrogen and oxygen atoms in total. The smallest absolute Gasteiger partial charge is 0.0376 e. The fourth-order valence-electron chi connectivity index (χ4n) is 1.30. The van der Waals surface area contributed by atoms with E-state index < -0.39 is 0 Å². The van der Waals surface area contributed by atoms with E-state index in [2.05, 4.69) is 16.4 Å². The second-order valence-corrected chi connectivity index (χ2v) is 2.70. The van der Waals surface area contributed by atoms with Crippen molar-refractivity contribution < 1.29 is 0 Å². The molecule has 0 aromatic carbocycles. The van der Waals surface area contributed by atoms with Gasteiger partial charge in [0.15, 0.2) is 0 Å². The highest BCUT2D eigenvalue weighted by atomic mass is 14.9. The Labute approximate surface area is 74.0 Å². The number of aryl methyl sites for hydroxylation is 1. The highest BCUT2D eigenvalue weighted by Crippen LogP contribution is 2.13. The molecule has 1 aliphatic rings. The van der Waals surface area contributed by atoms with Crippen LogP contribution >= 0.6 is 0 Å². The Balaban J connectivity index is 0.000000336. The van der Waals surface area contributed by atoms with E-state index in [-0.39, 0.29) is 0 Å². The maximum Gasteiger partial charge on any atom is 0.0376 e. The Kier molecular flexibility index (Phi) is 3.23. The highest BCUT2D eigenvalue weighted by molar-refractivity contribution is 5.29. The summed E-state index contributed by atoms with van der Waals surface area (Å²) >= 11 is 0. The monoisotopic (exact) mass is 164 g/mol. The largest absolute Gasteiger partial charge is 0.309 e. The minimum atomic E-state index is 0.989. The number of hydrogen-bond acceptors (Lipinski definition) is 2. The van der Waals surface area contributed by atoms with Gasteiger partial charge in [0, 0.05) is 25.0 Å². The number of rotatable bonds is 0. The van der Waals surface area contributed by atoms with Crippen LogP contribution < -0.4 is 5.32 Å². The van der Waals surface area contributed by atoms with Crippen LogP contribution in [-0.4, -0.2) is 4.98 Å². The van der Waals surface area contributed by atoms with Crippen molar-refractivity contribution in [2.75, 3.05) is 0 Å². The minimum absolute atomic E-state index is 0.989. The second kappa shape index (κ2) is 4.21. The van der Waals surface area contributed by atoms with Crippen molar-refractivity contribution >= 4 is 0 Å². The fourth-order valence-corrected chi connectivity index (χ4v) is 1.30. The first kappa shape index (κ1) is 9.20. The Morgan fingerprint density at radius 1 is 1.25 bits per heavy atom. The zero-order chi connectivity index (χ0) is 8.97. The van der Waals surface area contributed by atoms with Crippen molar-refractivity contribution in [2.45, 2.75) is 33.9 Å². The quantitative estimate of drug-likeness (QED) is 0.634. The van der Waals surface area contributed by atoms with Crippen LogP contribution in [-0.2, 0) is 13.1 Å². The second-order valence-electron chi connectivity index (χ2n) is 2.70. The van der Waals surface area contributed by atoms with E-state index in [0.29, 0.717) is 0 Å².